The van der Waals surface area contributed by atoms with Gasteiger partial charge in [-0.3, -0.25) is 4.79 Å². The summed E-state index contributed by atoms with van der Waals surface area (Å²) in [4.78, 5) is 37.2. The molecule has 2 atom stereocenters. The lowest BCUT2D eigenvalue weighted by Crippen LogP contribution is -2.57. The minimum absolute atomic E-state index is 0.0541. The second-order valence-electron chi connectivity index (χ2n) is 9.93. The van der Waals surface area contributed by atoms with Gasteiger partial charge in [-0.05, 0) is 46.4 Å². The Morgan fingerprint density at radius 3 is 2.00 bits per heavy atom. The third kappa shape index (κ3) is 4.87. The fraction of sp³-hybridized carbons (Fsp3) is 0.423. The first-order valence-corrected chi connectivity index (χ1v) is 11.3. The summed E-state index contributed by atoms with van der Waals surface area (Å²) in [5.41, 5.74) is 3.83. The predicted molar refractivity (Wildman–Crippen MR) is 124 cm³/mol. The number of amides is 2. The Hall–Kier alpha value is -3.35. The summed E-state index contributed by atoms with van der Waals surface area (Å²) in [6.07, 6.45) is 0.847. The fourth-order valence-electron chi connectivity index (χ4n) is 4.48. The summed E-state index contributed by atoms with van der Waals surface area (Å²) < 4.78 is 5.58. The molecule has 3 N–H and O–H groups in total. The van der Waals surface area contributed by atoms with Crippen LogP contribution in [0.1, 0.15) is 50.7 Å². The number of carbonyl (C=O) groups is 3. The third-order valence-electron chi connectivity index (χ3n) is 6.39. The molecule has 2 aliphatic carbocycles. The SMILES string of the molecule is CC(C)(C)[C@H](NC(=O)OCC1c2ccccc2-c2ccccc21)C(=O)NC(C(=O)O)C1CC1. The van der Waals surface area contributed by atoms with Gasteiger partial charge in [0, 0.05) is 5.92 Å². The third-order valence-corrected chi connectivity index (χ3v) is 6.39. The molecule has 33 heavy (non-hydrogen) atoms. The first-order chi connectivity index (χ1) is 15.7. The molecular formula is C26H30N2O5. The van der Waals surface area contributed by atoms with Gasteiger partial charge in [-0.25, -0.2) is 9.59 Å². The van der Waals surface area contributed by atoms with Crippen LogP contribution in [-0.4, -0.2) is 41.8 Å². The number of hydrogen-bond donors (Lipinski definition) is 3. The molecule has 0 aliphatic heterocycles. The van der Waals surface area contributed by atoms with Gasteiger partial charge in [0.25, 0.3) is 0 Å². The van der Waals surface area contributed by atoms with Crippen LogP contribution in [0.15, 0.2) is 48.5 Å². The summed E-state index contributed by atoms with van der Waals surface area (Å²) in [5, 5.41) is 14.7. The average molecular weight is 451 g/mol. The highest BCUT2D eigenvalue weighted by molar-refractivity contribution is 5.90. The zero-order valence-electron chi connectivity index (χ0n) is 19.1. The van der Waals surface area contributed by atoms with E-state index in [9.17, 15) is 19.5 Å². The van der Waals surface area contributed by atoms with E-state index in [1.54, 1.807) is 0 Å². The number of benzene rings is 2. The predicted octanol–water partition coefficient (Wildman–Crippen LogP) is 3.92. The van der Waals surface area contributed by atoms with Crippen molar-refractivity contribution in [2.45, 2.75) is 51.6 Å². The van der Waals surface area contributed by atoms with Crippen LogP contribution in [0.5, 0.6) is 0 Å². The van der Waals surface area contributed by atoms with Gasteiger partial charge in [-0.1, -0.05) is 69.3 Å². The largest absolute Gasteiger partial charge is 0.480 e. The maximum absolute atomic E-state index is 12.9. The van der Waals surface area contributed by atoms with E-state index in [0.717, 1.165) is 35.1 Å². The molecule has 2 aliphatic rings. The van der Waals surface area contributed by atoms with Crippen molar-refractivity contribution in [1.82, 2.24) is 10.6 Å². The molecule has 174 valence electrons. The Labute approximate surface area is 193 Å². The topological polar surface area (TPSA) is 105 Å². The zero-order valence-corrected chi connectivity index (χ0v) is 19.1. The number of fused-ring (bicyclic) bond motifs is 3. The van der Waals surface area contributed by atoms with Gasteiger partial charge in [0.1, 0.15) is 18.7 Å². The summed E-state index contributed by atoms with van der Waals surface area (Å²) in [6, 6.07) is 14.2. The number of ether oxygens (including phenoxy) is 1. The van der Waals surface area contributed by atoms with E-state index in [-0.39, 0.29) is 18.4 Å². The lowest BCUT2D eigenvalue weighted by molar-refractivity contribution is -0.143. The molecule has 7 nitrogen and oxygen atoms in total. The van der Waals surface area contributed by atoms with Crippen LogP contribution in [0.4, 0.5) is 4.79 Å². The average Bonchev–Trinajstić information content (AvgIpc) is 3.55. The number of nitrogens with one attached hydrogen (secondary N) is 2. The molecule has 0 heterocycles. The van der Waals surface area contributed by atoms with Crippen LogP contribution in [0, 0.1) is 11.3 Å². The van der Waals surface area contributed by atoms with E-state index in [0.29, 0.717) is 0 Å². The Bertz CT molecular complexity index is 1020. The van der Waals surface area contributed by atoms with Crippen LogP contribution in [-0.2, 0) is 14.3 Å². The molecule has 0 spiro atoms. The van der Waals surface area contributed by atoms with Crippen LogP contribution in [0.25, 0.3) is 11.1 Å². The van der Waals surface area contributed by atoms with Crippen molar-refractivity contribution in [3.05, 3.63) is 59.7 Å². The Morgan fingerprint density at radius 1 is 0.970 bits per heavy atom. The molecule has 2 aromatic rings. The Morgan fingerprint density at radius 2 is 1.52 bits per heavy atom. The van der Waals surface area contributed by atoms with Gasteiger partial charge in [-0.2, -0.15) is 0 Å². The molecular weight excluding hydrogens is 420 g/mol. The minimum atomic E-state index is -1.06. The van der Waals surface area contributed by atoms with Crippen LogP contribution >= 0.6 is 0 Å². The fourth-order valence-corrected chi connectivity index (χ4v) is 4.48. The van der Waals surface area contributed by atoms with Crippen LogP contribution in [0.2, 0.25) is 0 Å². The standard InChI is InChI=1S/C26H30N2O5/c1-26(2,3)22(23(29)27-21(24(30)31)15-12-13-15)28-25(32)33-14-20-18-10-6-4-8-16(18)17-9-5-7-11-19(17)20/h4-11,15,20-22H,12-14H2,1-3H3,(H,27,29)(H,28,32)(H,30,31)/t21?,22-/m1/s1. The van der Waals surface area contributed by atoms with E-state index < -0.39 is 35.5 Å². The molecule has 4 rings (SSSR count). The van der Waals surface area contributed by atoms with E-state index >= 15 is 0 Å². The van der Waals surface area contributed by atoms with Crippen molar-refractivity contribution >= 4 is 18.0 Å². The second-order valence-corrected chi connectivity index (χ2v) is 9.93. The smallest absolute Gasteiger partial charge is 0.407 e. The molecule has 0 aromatic heterocycles. The highest BCUT2D eigenvalue weighted by atomic mass is 16.5. The van der Waals surface area contributed by atoms with Crippen LogP contribution in [0.3, 0.4) is 0 Å². The lowest BCUT2D eigenvalue weighted by atomic mass is 9.86. The summed E-state index contributed by atoms with van der Waals surface area (Å²) in [5.74, 6) is -1.71. The Balaban J connectivity index is 1.43. The maximum Gasteiger partial charge on any atom is 0.407 e. The molecule has 0 bridgehead atoms. The molecule has 0 radical (unpaired) electrons. The highest BCUT2D eigenvalue weighted by Crippen LogP contribution is 2.44. The normalized spacial score (nSPS) is 16.8. The number of hydrogen-bond acceptors (Lipinski definition) is 4. The Kier molecular flexibility index (Phi) is 6.15. The van der Waals surface area contributed by atoms with Crippen LogP contribution < -0.4 is 10.6 Å². The first kappa shape index (κ1) is 22.8. The van der Waals surface area contributed by atoms with E-state index in [2.05, 4.69) is 22.8 Å². The van der Waals surface area contributed by atoms with E-state index in [4.69, 9.17) is 4.74 Å². The molecule has 1 fully saturated rings. The number of rotatable bonds is 7. The minimum Gasteiger partial charge on any atom is -0.480 e. The highest BCUT2D eigenvalue weighted by Gasteiger charge is 2.41. The van der Waals surface area contributed by atoms with Crippen molar-refractivity contribution in [3.63, 3.8) is 0 Å². The molecule has 2 aromatic carbocycles. The zero-order chi connectivity index (χ0) is 23.8. The van der Waals surface area contributed by atoms with Gasteiger partial charge in [0.05, 0.1) is 0 Å². The first-order valence-electron chi connectivity index (χ1n) is 11.3. The van der Waals surface area contributed by atoms with Gasteiger partial charge < -0.3 is 20.5 Å². The van der Waals surface area contributed by atoms with E-state index in [1.807, 2.05) is 57.2 Å². The summed E-state index contributed by atoms with van der Waals surface area (Å²) in [7, 11) is 0. The molecule has 1 unspecified atom stereocenters. The number of carboxylic acids is 1. The lowest BCUT2D eigenvalue weighted by Gasteiger charge is -2.31. The van der Waals surface area contributed by atoms with Crippen molar-refractivity contribution in [2.75, 3.05) is 6.61 Å². The summed E-state index contributed by atoms with van der Waals surface area (Å²) in [6.45, 7) is 5.58. The summed E-state index contributed by atoms with van der Waals surface area (Å²) >= 11 is 0. The number of carbonyl (C=O) groups excluding carboxylic acids is 2. The quantitative estimate of drug-likeness (QED) is 0.593. The second kappa shape index (κ2) is 8.89. The number of carboxylic acid groups (broad SMARTS) is 1. The maximum atomic E-state index is 12.9. The van der Waals surface area contributed by atoms with Crippen molar-refractivity contribution in [1.29, 1.82) is 0 Å². The van der Waals surface area contributed by atoms with Gasteiger partial charge >= 0.3 is 12.1 Å². The van der Waals surface area contributed by atoms with Crippen molar-refractivity contribution in [2.24, 2.45) is 11.3 Å². The van der Waals surface area contributed by atoms with Crippen molar-refractivity contribution < 1.29 is 24.2 Å². The van der Waals surface area contributed by atoms with E-state index in [1.165, 1.54) is 0 Å². The van der Waals surface area contributed by atoms with Crippen molar-refractivity contribution in [3.8, 4) is 11.1 Å². The molecule has 1 saturated carbocycles. The monoisotopic (exact) mass is 450 g/mol. The molecule has 2 amide bonds. The number of alkyl carbamates (subject to hydrolysis) is 1. The van der Waals surface area contributed by atoms with Gasteiger partial charge in [0.2, 0.25) is 5.91 Å². The van der Waals surface area contributed by atoms with Gasteiger partial charge in [-0.15, -0.1) is 0 Å². The molecule has 7 heteroatoms. The van der Waals surface area contributed by atoms with Gasteiger partial charge in [0.15, 0.2) is 0 Å². The molecule has 0 saturated heterocycles. The number of aliphatic carboxylic acids is 1.